The highest BCUT2D eigenvalue weighted by atomic mass is 16.5. The molecular weight excluding hydrogens is 444 g/mol. The number of carbonyl (C=O) groups is 2. The number of hydrogen-bond donors (Lipinski definition) is 3. The van der Waals surface area contributed by atoms with Gasteiger partial charge in [0.25, 0.3) is 5.91 Å². The minimum Gasteiger partial charge on any atom is -0.504 e. The molecule has 3 aromatic carbocycles. The summed E-state index contributed by atoms with van der Waals surface area (Å²) >= 11 is 0. The van der Waals surface area contributed by atoms with Gasteiger partial charge >= 0.3 is 0 Å². The standard InChI is InChI=1S/C28H28N2O5/c1-18-2-8-22(29-27(34)28(10-11-28)21-7-9-24(31)25(32)16-21)17-23(18)19-3-5-20(6-4-19)26(33)30-12-14-35-15-13-30/h2-9,16-17,31-32H,10-15H2,1H3,(H,29,34). The molecule has 1 saturated carbocycles. The molecule has 180 valence electrons. The lowest BCUT2D eigenvalue weighted by molar-refractivity contribution is -0.118. The Balaban J connectivity index is 1.34. The zero-order chi connectivity index (χ0) is 24.6. The Bertz CT molecular complexity index is 1280. The number of amides is 2. The molecule has 35 heavy (non-hydrogen) atoms. The van der Waals surface area contributed by atoms with E-state index in [0.717, 1.165) is 16.7 Å². The van der Waals surface area contributed by atoms with Crippen molar-refractivity contribution in [3.8, 4) is 22.6 Å². The van der Waals surface area contributed by atoms with E-state index < -0.39 is 5.41 Å². The average Bonchev–Trinajstić information content (AvgIpc) is 3.69. The van der Waals surface area contributed by atoms with Crippen LogP contribution >= 0.6 is 0 Å². The van der Waals surface area contributed by atoms with Crippen molar-refractivity contribution in [2.75, 3.05) is 31.6 Å². The zero-order valence-corrected chi connectivity index (χ0v) is 19.6. The Hall–Kier alpha value is -3.84. The Morgan fingerprint density at radius 3 is 2.29 bits per heavy atom. The van der Waals surface area contributed by atoms with Gasteiger partial charge in [-0.1, -0.05) is 24.3 Å². The summed E-state index contributed by atoms with van der Waals surface area (Å²) < 4.78 is 5.33. The molecule has 3 N–H and O–H groups in total. The van der Waals surface area contributed by atoms with E-state index >= 15 is 0 Å². The predicted octanol–water partition coefficient (Wildman–Crippen LogP) is 4.22. The van der Waals surface area contributed by atoms with E-state index in [4.69, 9.17) is 4.74 Å². The predicted molar refractivity (Wildman–Crippen MR) is 133 cm³/mol. The number of nitrogens with zero attached hydrogens (tertiary/aromatic N) is 1. The van der Waals surface area contributed by atoms with Crippen molar-refractivity contribution in [3.05, 3.63) is 77.4 Å². The minimum atomic E-state index is -0.697. The quantitative estimate of drug-likeness (QED) is 0.483. The van der Waals surface area contributed by atoms with Gasteiger partial charge in [0.05, 0.1) is 18.6 Å². The second-order valence-corrected chi connectivity index (χ2v) is 9.25. The van der Waals surface area contributed by atoms with Gasteiger partial charge in [0.15, 0.2) is 11.5 Å². The number of morpholine rings is 1. The van der Waals surface area contributed by atoms with Crippen molar-refractivity contribution in [2.24, 2.45) is 0 Å². The summed E-state index contributed by atoms with van der Waals surface area (Å²) in [6.07, 6.45) is 1.36. The van der Waals surface area contributed by atoms with Crippen LogP contribution in [0.2, 0.25) is 0 Å². The Kier molecular flexibility index (Phi) is 5.94. The summed E-state index contributed by atoms with van der Waals surface area (Å²) in [4.78, 5) is 27.7. The van der Waals surface area contributed by atoms with Crippen molar-refractivity contribution in [1.29, 1.82) is 0 Å². The molecular formula is C28H28N2O5. The van der Waals surface area contributed by atoms with Crippen LogP contribution in [-0.4, -0.2) is 53.2 Å². The minimum absolute atomic E-state index is 0.00702. The van der Waals surface area contributed by atoms with Gasteiger partial charge in [-0.25, -0.2) is 0 Å². The van der Waals surface area contributed by atoms with Crippen LogP contribution < -0.4 is 5.32 Å². The fourth-order valence-electron chi connectivity index (χ4n) is 4.60. The largest absolute Gasteiger partial charge is 0.504 e. The van der Waals surface area contributed by atoms with Gasteiger partial charge in [-0.15, -0.1) is 0 Å². The second kappa shape index (κ2) is 9.07. The number of ether oxygens (including phenoxy) is 1. The molecule has 7 heteroatoms. The van der Waals surface area contributed by atoms with Crippen molar-refractivity contribution >= 4 is 17.5 Å². The molecule has 5 rings (SSSR count). The van der Waals surface area contributed by atoms with Crippen LogP contribution in [-0.2, 0) is 14.9 Å². The van der Waals surface area contributed by atoms with Crippen LogP contribution in [0.1, 0.15) is 34.3 Å². The van der Waals surface area contributed by atoms with Crippen LogP contribution in [0.25, 0.3) is 11.1 Å². The van der Waals surface area contributed by atoms with E-state index in [1.807, 2.05) is 54.3 Å². The molecule has 0 spiro atoms. The summed E-state index contributed by atoms with van der Waals surface area (Å²) in [6.45, 7) is 4.35. The average molecular weight is 473 g/mol. The molecule has 0 aromatic heterocycles. The SMILES string of the molecule is Cc1ccc(NC(=O)C2(c3ccc(O)c(O)c3)CC2)cc1-c1ccc(C(=O)N2CCOCC2)cc1. The lowest BCUT2D eigenvalue weighted by Crippen LogP contribution is -2.40. The van der Waals surface area contributed by atoms with Gasteiger partial charge < -0.3 is 25.2 Å². The number of aryl methyl sites for hydroxylation is 1. The number of benzene rings is 3. The van der Waals surface area contributed by atoms with Gasteiger partial charge in [0.2, 0.25) is 5.91 Å². The van der Waals surface area contributed by atoms with Crippen molar-refractivity contribution in [1.82, 2.24) is 4.90 Å². The maximum Gasteiger partial charge on any atom is 0.254 e. The third-order valence-corrected chi connectivity index (χ3v) is 6.95. The van der Waals surface area contributed by atoms with Crippen LogP contribution in [0.5, 0.6) is 11.5 Å². The lowest BCUT2D eigenvalue weighted by atomic mass is 9.94. The van der Waals surface area contributed by atoms with E-state index in [0.29, 0.717) is 56.0 Å². The summed E-state index contributed by atoms with van der Waals surface area (Å²) in [5, 5.41) is 22.5. The third kappa shape index (κ3) is 4.47. The zero-order valence-electron chi connectivity index (χ0n) is 19.6. The number of rotatable bonds is 5. The number of aromatic hydroxyl groups is 2. The summed E-state index contributed by atoms with van der Waals surface area (Å²) in [5.74, 6) is -0.558. The first-order valence-corrected chi connectivity index (χ1v) is 11.8. The molecule has 0 unspecified atom stereocenters. The smallest absolute Gasteiger partial charge is 0.254 e. The van der Waals surface area contributed by atoms with E-state index in [-0.39, 0.29) is 23.3 Å². The molecule has 2 amide bonds. The molecule has 1 aliphatic heterocycles. The van der Waals surface area contributed by atoms with Crippen LogP contribution in [0.4, 0.5) is 5.69 Å². The topological polar surface area (TPSA) is 99.1 Å². The first-order chi connectivity index (χ1) is 16.9. The Morgan fingerprint density at radius 2 is 1.63 bits per heavy atom. The Labute approximate surface area is 204 Å². The maximum absolute atomic E-state index is 13.2. The number of anilines is 1. The van der Waals surface area contributed by atoms with Crippen LogP contribution in [0.15, 0.2) is 60.7 Å². The number of phenols is 2. The molecule has 2 aliphatic rings. The first kappa shape index (κ1) is 22.9. The Morgan fingerprint density at radius 1 is 0.914 bits per heavy atom. The fraction of sp³-hybridized carbons (Fsp3) is 0.286. The highest BCUT2D eigenvalue weighted by molar-refractivity contribution is 6.02. The fourth-order valence-corrected chi connectivity index (χ4v) is 4.60. The molecule has 1 aliphatic carbocycles. The molecule has 1 heterocycles. The molecule has 2 fully saturated rings. The highest BCUT2D eigenvalue weighted by Gasteiger charge is 2.51. The van der Waals surface area contributed by atoms with Crippen molar-refractivity contribution in [3.63, 3.8) is 0 Å². The number of phenolic OH excluding ortho intramolecular Hbond substituents is 2. The summed E-state index contributed by atoms with van der Waals surface area (Å²) in [5.41, 5.74) is 4.31. The summed E-state index contributed by atoms with van der Waals surface area (Å²) in [7, 11) is 0. The molecule has 0 atom stereocenters. The van der Waals surface area contributed by atoms with Crippen LogP contribution in [0.3, 0.4) is 0 Å². The van der Waals surface area contributed by atoms with E-state index in [9.17, 15) is 19.8 Å². The van der Waals surface area contributed by atoms with Gasteiger partial charge in [-0.05, 0) is 78.4 Å². The molecule has 1 saturated heterocycles. The maximum atomic E-state index is 13.2. The monoisotopic (exact) mass is 472 g/mol. The van der Waals surface area contributed by atoms with Crippen molar-refractivity contribution < 1.29 is 24.5 Å². The third-order valence-electron chi connectivity index (χ3n) is 6.95. The van der Waals surface area contributed by atoms with Gasteiger partial charge in [-0.3, -0.25) is 9.59 Å². The van der Waals surface area contributed by atoms with Gasteiger partial charge in [-0.2, -0.15) is 0 Å². The van der Waals surface area contributed by atoms with E-state index in [1.165, 1.54) is 12.1 Å². The van der Waals surface area contributed by atoms with E-state index in [1.54, 1.807) is 6.07 Å². The van der Waals surface area contributed by atoms with Gasteiger partial charge in [0, 0.05) is 24.3 Å². The van der Waals surface area contributed by atoms with Gasteiger partial charge in [0.1, 0.15) is 0 Å². The number of carbonyl (C=O) groups excluding carboxylic acids is 2. The van der Waals surface area contributed by atoms with Crippen molar-refractivity contribution in [2.45, 2.75) is 25.2 Å². The lowest BCUT2D eigenvalue weighted by Gasteiger charge is -2.26. The second-order valence-electron chi connectivity index (χ2n) is 9.25. The molecule has 0 bridgehead atoms. The molecule has 3 aromatic rings. The van der Waals surface area contributed by atoms with Crippen LogP contribution in [0, 0.1) is 6.92 Å². The summed E-state index contributed by atoms with van der Waals surface area (Å²) in [6, 6.07) is 17.9. The van der Waals surface area contributed by atoms with E-state index in [2.05, 4.69) is 5.32 Å². The molecule has 7 nitrogen and oxygen atoms in total. The number of nitrogens with one attached hydrogen (secondary N) is 1. The normalized spacial score (nSPS) is 16.5. The molecule has 0 radical (unpaired) electrons. The number of hydrogen-bond acceptors (Lipinski definition) is 5. The first-order valence-electron chi connectivity index (χ1n) is 11.8. The highest BCUT2D eigenvalue weighted by Crippen LogP contribution is 2.50.